The first-order valence-corrected chi connectivity index (χ1v) is 13.8. The van der Waals surface area contributed by atoms with Crippen LogP contribution in [0.2, 0.25) is 0 Å². The summed E-state index contributed by atoms with van der Waals surface area (Å²) in [6, 6.07) is 17.4. The van der Waals surface area contributed by atoms with Gasteiger partial charge >= 0.3 is 0 Å². The molecule has 3 rings (SSSR count). The van der Waals surface area contributed by atoms with Gasteiger partial charge in [0.15, 0.2) is 11.5 Å². The Morgan fingerprint density at radius 1 is 0.921 bits per heavy atom. The standard InChI is InChI=1S/C28H36N2O7S/c1-22-11-13-24(37-22)20-29(17-15-23-12-14-26(35-3)27(19-23)36-4)28(31)21-30(16-8-18-34-2)38(32,33)25-9-6-5-7-10-25/h5-7,9-14,19H,8,15-18,20-21H2,1-4H3. The van der Waals surface area contributed by atoms with Gasteiger partial charge in [0.1, 0.15) is 11.5 Å². The van der Waals surface area contributed by atoms with Crippen molar-refractivity contribution in [3.63, 3.8) is 0 Å². The van der Waals surface area contributed by atoms with Gasteiger partial charge in [0.25, 0.3) is 0 Å². The van der Waals surface area contributed by atoms with Crippen molar-refractivity contribution < 1.29 is 31.8 Å². The third kappa shape index (κ3) is 7.83. The van der Waals surface area contributed by atoms with Gasteiger partial charge in [-0.25, -0.2) is 8.42 Å². The Bertz CT molecular complexity index is 1280. The van der Waals surface area contributed by atoms with E-state index in [9.17, 15) is 13.2 Å². The fraction of sp³-hybridized carbons (Fsp3) is 0.393. The van der Waals surface area contributed by atoms with Gasteiger partial charge in [0.2, 0.25) is 15.9 Å². The lowest BCUT2D eigenvalue weighted by molar-refractivity contribution is -0.132. The summed E-state index contributed by atoms with van der Waals surface area (Å²) >= 11 is 0. The monoisotopic (exact) mass is 544 g/mol. The van der Waals surface area contributed by atoms with Crippen LogP contribution in [-0.2, 0) is 32.5 Å². The maximum absolute atomic E-state index is 13.6. The second kappa shape index (κ2) is 14.0. The highest BCUT2D eigenvalue weighted by Gasteiger charge is 2.28. The molecule has 0 saturated heterocycles. The van der Waals surface area contributed by atoms with Crippen molar-refractivity contribution >= 4 is 15.9 Å². The number of amides is 1. The first-order chi connectivity index (χ1) is 18.3. The second-order valence-electron chi connectivity index (χ2n) is 8.76. The third-order valence-electron chi connectivity index (χ3n) is 6.06. The third-order valence-corrected chi connectivity index (χ3v) is 7.92. The smallest absolute Gasteiger partial charge is 0.243 e. The van der Waals surface area contributed by atoms with Crippen LogP contribution in [0.3, 0.4) is 0 Å². The van der Waals surface area contributed by atoms with E-state index in [1.165, 1.54) is 16.4 Å². The molecule has 0 N–H and O–H groups in total. The molecule has 3 aromatic rings. The number of rotatable bonds is 15. The van der Waals surface area contributed by atoms with Crippen LogP contribution in [-0.4, -0.2) is 71.1 Å². The zero-order chi connectivity index (χ0) is 27.5. The van der Waals surface area contributed by atoms with Crippen LogP contribution in [0.5, 0.6) is 11.5 Å². The van der Waals surface area contributed by atoms with Gasteiger partial charge in [-0.3, -0.25) is 4.79 Å². The summed E-state index contributed by atoms with van der Waals surface area (Å²) in [5.74, 6) is 2.26. The molecular formula is C28H36N2O7S. The Morgan fingerprint density at radius 3 is 2.29 bits per heavy atom. The molecule has 0 aliphatic carbocycles. The maximum atomic E-state index is 13.6. The zero-order valence-electron chi connectivity index (χ0n) is 22.4. The number of ether oxygens (including phenoxy) is 3. The summed E-state index contributed by atoms with van der Waals surface area (Å²) in [4.78, 5) is 15.4. The van der Waals surface area contributed by atoms with Crippen molar-refractivity contribution in [1.29, 1.82) is 0 Å². The maximum Gasteiger partial charge on any atom is 0.243 e. The highest BCUT2D eigenvalue weighted by molar-refractivity contribution is 7.89. The lowest BCUT2D eigenvalue weighted by Crippen LogP contribution is -2.43. The number of hydrogen-bond acceptors (Lipinski definition) is 7. The Morgan fingerprint density at radius 2 is 1.66 bits per heavy atom. The molecule has 1 heterocycles. The number of carbonyl (C=O) groups is 1. The average molecular weight is 545 g/mol. The minimum absolute atomic E-state index is 0.142. The Labute approximate surface area is 225 Å². The molecule has 0 atom stereocenters. The van der Waals surface area contributed by atoms with Crippen molar-refractivity contribution in [1.82, 2.24) is 9.21 Å². The molecule has 0 aliphatic rings. The number of benzene rings is 2. The van der Waals surface area contributed by atoms with Crippen LogP contribution >= 0.6 is 0 Å². The van der Waals surface area contributed by atoms with E-state index in [2.05, 4.69) is 0 Å². The van der Waals surface area contributed by atoms with Crippen LogP contribution in [0.15, 0.2) is 70.0 Å². The van der Waals surface area contributed by atoms with Gasteiger partial charge in [0, 0.05) is 26.8 Å². The van der Waals surface area contributed by atoms with Crippen LogP contribution in [0.4, 0.5) is 0 Å². The van der Waals surface area contributed by atoms with Crippen molar-refractivity contribution in [2.75, 3.05) is 47.6 Å². The molecule has 1 aromatic heterocycles. The van der Waals surface area contributed by atoms with Crippen LogP contribution < -0.4 is 9.47 Å². The molecule has 2 aromatic carbocycles. The number of carbonyl (C=O) groups excluding carboxylic acids is 1. The van der Waals surface area contributed by atoms with Gasteiger partial charge in [-0.05, 0) is 61.7 Å². The van der Waals surface area contributed by atoms with E-state index in [4.69, 9.17) is 18.6 Å². The minimum atomic E-state index is -3.89. The number of nitrogens with zero attached hydrogens (tertiary/aromatic N) is 2. The zero-order valence-corrected chi connectivity index (χ0v) is 23.2. The summed E-state index contributed by atoms with van der Waals surface area (Å²) in [7, 11) is 0.818. The molecule has 10 heteroatoms. The predicted octanol–water partition coefficient (Wildman–Crippen LogP) is 3.90. The molecule has 0 spiro atoms. The van der Waals surface area contributed by atoms with Crippen molar-refractivity contribution in [3.8, 4) is 11.5 Å². The molecular weight excluding hydrogens is 508 g/mol. The average Bonchev–Trinajstić information content (AvgIpc) is 3.35. The van der Waals surface area contributed by atoms with E-state index in [0.717, 1.165) is 11.3 Å². The van der Waals surface area contributed by atoms with Gasteiger partial charge in [-0.2, -0.15) is 4.31 Å². The molecule has 0 aliphatic heterocycles. The first-order valence-electron chi connectivity index (χ1n) is 12.4. The van der Waals surface area contributed by atoms with E-state index in [-0.39, 0.29) is 30.4 Å². The fourth-order valence-electron chi connectivity index (χ4n) is 4.01. The molecule has 1 amide bonds. The molecule has 9 nitrogen and oxygen atoms in total. The molecule has 38 heavy (non-hydrogen) atoms. The van der Waals surface area contributed by atoms with Crippen LogP contribution in [0, 0.1) is 6.92 Å². The van der Waals surface area contributed by atoms with E-state index in [1.807, 2.05) is 37.3 Å². The summed E-state index contributed by atoms with van der Waals surface area (Å²) in [6.45, 7) is 2.64. The lowest BCUT2D eigenvalue weighted by atomic mass is 10.1. The number of hydrogen-bond donors (Lipinski definition) is 0. The van der Waals surface area contributed by atoms with Crippen LogP contribution in [0.1, 0.15) is 23.5 Å². The number of sulfonamides is 1. The molecule has 0 saturated carbocycles. The quantitative estimate of drug-likeness (QED) is 0.268. The van der Waals surface area contributed by atoms with Gasteiger partial charge in [-0.15, -0.1) is 0 Å². The summed E-state index contributed by atoms with van der Waals surface area (Å²) in [5, 5.41) is 0. The molecule has 0 fully saturated rings. The molecule has 0 radical (unpaired) electrons. The predicted molar refractivity (Wildman–Crippen MR) is 144 cm³/mol. The molecule has 0 unspecified atom stereocenters. The largest absolute Gasteiger partial charge is 0.493 e. The number of methoxy groups -OCH3 is 3. The van der Waals surface area contributed by atoms with Crippen molar-refractivity contribution in [2.45, 2.75) is 31.2 Å². The normalized spacial score (nSPS) is 11.5. The summed E-state index contributed by atoms with van der Waals surface area (Å²) in [5.41, 5.74) is 0.949. The Balaban J connectivity index is 1.83. The van der Waals surface area contributed by atoms with Gasteiger partial charge in [0.05, 0.1) is 32.2 Å². The molecule has 0 bridgehead atoms. The SMILES string of the molecule is COCCCN(CC(=O)N(CCc1ccc(OC)c(OC)c1)Cc1ccc(C)o1)S(=O)(=O)c1ccccc1. The lowest BCUT2D eigenvalue weighted by Gasteiger charge is -2.27. The topological polar surface area (TPSA) is 98.5 Å². The van der Waals surface area contributed by atoms with Crippen molar-refractivity contribution in [2.24, 2.45) is 0 Å². The highest BCUT2D eigenvalue weighted by Crippen LogP contribution is 2.28. The minimum Gasteiger partial charge on any atom is -0.493 e. The summed E-state index contributed by atoms with van der Waals surface area (Å²) < 4.78 is 49.6. The second-order valence-corrected chi connectivity index (χ2v) is 10.7. The van der Waals surface area contributed by atoms with Crippen LogP contribution in [0.25, 0.3) is 0 Å². The van der Waals surface area contributed by atoms with E-state index in [1.54, 1.807) is 44.4 Å². The van der Waals surface area contributed by atoms with E-state index in [0.29, 0.717) is 43.3 Å². The molecule has 206 valence electrons. The van der Waals surface area contributed by atoms with Gasteiger partial charge in [-0.1, -0.05) is 24.3 Å². The highest BCUT2D eigenvalue weighted by atomic mass is 32.2. The summed E-state index contributed by atoms with van der Waals surface area (Å²) in [6.07, 6.45) is 0.986. The van der Waals surface area contributed by atoms with E-state index >= 15 is 0 Å². The number of aryl methyl sites for hydroxylation is 1. The fourth-order valence-corrected chi connectivity index (χ4v) is 5.46. The first kappa shape index (κ1) is 29.2. The van der Waals surface area contributed by atoms with Crippen molar-refractivity contribution in [3.05, 3.63) is 77.7 Å². The Kier molecular flexibility index (Phi) is 10.8. The Hall–Kier alpha value is -3.34. The van der Waals surface area contributed by atoms with E-state index < -0.39 is 10.0 Å². The number of furan rings is 1. The van der Waals surface area contributed by atoms with Gasteiger partial charge < -0.3 is 23.5 Å².